The van der Waals surface area contributed by atoms with E-state index in [1.807, 2.05) is 12.1 Å². The van der Waals surface area contributed by atoms with E-state index in [0.717, 1.165) is 11.1 Å². The van der Waals surface area contributed by atoms with Gasteiger partial charge < -0.3 is 19.5 Å². The molecule has 148 valence electrons. The number of amides is 2. The van der Waals surface area contributed by atoms with Crippen molar-refractivity contribution in [2.75, 3.05) is 27.9 Å². The lowest BCUT2D eigenvalue weighted by Crippen LogP contribution is -2.38. The number of carbonyl (C=O) groups is 2. The van der Waals surface area contributed by atoms with Gasteiger partial charge in [0.1, 0.15) is 5.75 Å². The molecule has 0 aromatic heterocycles. The number of ether oxygens (including phenoxy) is 3. The Balaban J connectivity index is 1.79. The fourth-order valence-electron chi connectivity index (χ4n) is 2.37. The Labute approximate surface area is 163 Å². The van der Waals surface area contributed by atoms with Crippen molar-refractivity contribution in [3.8, 4) is 17.2 Å². The monoisotopic (exact) mass is 385 g/mol. The number of rotatable bonds is 8. The first kappa shape index (κ1) is 20.8. The molecule has 2 amide bonds. The molecule has 0 fully saturated rings. The first-order valence-corrected chi connectivity index (χ1v) is 8.53. The number of nitrogens with one attached hydrogen (secondary N) is 2. The molecule has 0 radical (unpaired) electrons. The van der Waals surface area contributed by atoms with E-state index in [2.05, 4.69) is 15.8 Å². The van der Waals surface area contributed by atoms with Crippen LogP contribution in [0.5, 0.6) is 17.2 Å². The molecule has 0 atom stereocenters. The maximum absolute atomic E-state index is 11.8. The summed E-state index contributed by atoms with van der Waals surface area (Å²) in [6, 6.07) is 12.6. The molecule has 8 nitrogen and oxygen atoms in total. The van der Waals surface area contributed by atoms with Crippen molar-refractivity contribution in [2.45, 2.75) is 6.42 Å². The maximum atomic E-state index is 11.8. The van der Waals surface area contributed by atoms with Crippen molar-refractivity contribution in [3.63, 3.8) is 0 Å². The SMILES string of the molecule is COc1cccc(/C=N/NC(=O)C(=O)NCCc2ccc(OC)c(OC)c2)c1. The summed E-state index contributed by atoms with van der Waals surface area (Å²) in [5.41, 5.74) is 3.86. The standard InChI is InChI=1S/C20H23N3O5/c1-26-16-6-4-5-15(11-16)13-22-23-20(25)19(24)21-10-9-14-7-8-17(27-2)18(12-14)28-3/h4-8,11-13H,9-10H2,1-3H3,(H,21,24)(H,23,25)/b22-13+. The Hall–Kier alpha value is -3.55. The molecule has 2 aromatic rings. The summed E-state index contributed by atoms with van der Waals surface area (Å²) in [6.07, 6.45) is 1.96. The molecule has 2 rings (SSSR count). The summed E-state index contributed by atoms with van der Waals surface area (Å²) in [5, 5.41) is 6.32. The average Bonchev–Trinajstić information content (AvgIpc) is 2.73. The first-order valence-electron chi connectivity index (χ1n) is 8.53. The summed E-state index contributed by atoms with van der Waals surface area (Å²) in [4.78, 5) is 23.6. The molecule has 0 saturated carbocycles. The molecule has 0 heterocycles. The number of benzene rings is 2. The lowest BCUT2D eigenvalue weighted by Gasteiger charge is -2.10. The van der Waals surface area contributed by atoms with E-state index in [1.165, 1.54) is 6.21 Å². The molecular weight excluding hydrogens is 362 g/mol. The third-order valence-electron chi connectivity index (χ3n) is 3.83. The third kappa shape index (κ3) is 6.01. The maximum Gasteiger partial charge on any atom is 0.329 e. The van der Waals surface area contributed by atoms with E-state index >= 15 is 0 Å². The zero-order valence-corrected chi connectivity index (χ0v) is 16.0. The van der Waals surface area contributed by atoms with Crippen LogP contribution in [0.2, 0.25) is 0 Å². The molecule has 2 aromatic carbocycles. The van der Waals surface area contributed by atoms with Crippen LogP contribution in [0.3, 0.4) is 0 Å². The molecule has 0 spiro atoms. The molecule has 0 saturated heterocycles. The fraction of sp³-hybridized carbons (Fsp3) is 0.250. The lowest BCUT2D eigenvalue weighted by atomic mass is 10.1. The van der Waals surface area contributed by atoms with Crippen LogP contribution in [0.1, 0.15) is 11.1 Å². The molecule has 8 heteroatoms. The Morgan fingerprint density at radius 3 is 2.46 bits per heavy atom. The predicted molar refractivity (Wildman–Crippen MR) is 105 cm³/mol. The van der Waals surface area contributed by atoms with Gasteiger partial charge in [0.2, 0.25) is 0 Å². The van der Waals surface area contributed by atoms with Crippen molar-refractivity contribution in [2.24, 2.45) is 5.10 Å². The molecule has 0 aliphatic heterocycles. The second-order valence-corrected chi connectivity index (χ2v) is 5.67. The number of carbonyl (C=O) groups excluding carboxylic acids is 2. The van der Waals surface area contributed by atoms with Crippen molar-refractivity contribution >= 4 is 18.0 Å². The van der Waals surface area contributed by atoms with Crippen LogP contribution in [0.4, 0.5) is 0 Å². The second-order valence-electron chi connectivity index (χ2n) is 5.67. The van der Waals surface area contributed by atoms with Crippen molar-refractivity contribution in [3.05, 3.63) is 53.6 Å². The average molecular weight is 385 g/mol. The molecule has 0 aliphatic rings. The van der Waals surface area contributed by atoms with E-state index < -0.39 is 11.8 Å². The summed E-state index contributed by atoms with van der Waals surface area (Å²) < 4.78 is 15.5. The zero-order valence-electron chi connectivity index (χ0n) is 16.0. The quantitative estimate of drug-likeness (QED) is 0.408. The van der Waals surface area contributed by atoms with Gasteiger partial charge in [-0.1, -0.05) is 18.2 Å². The minimum absolute atomic E-state index is 0.293. The molecule has 0 unspecified atom stereocenters. The van der Waals surface area contributed by atoms with Gasteiger partial charge in [-0.05, 0) is 41.8 Å². The lowest BCUT2D eigenvalue weighted by molar-refractivity contribution is -0.139. The van der Waals surface area contributed by atoms with E-state index in [4.69, 9.17) is 14.2 Å². The summed E-state index contributed by atoms with van der Waals surface area (Å²) >= 11 is 0. The molecule has 0 aliphatic carbocycles. The highest BCUT2D eigenvalue weighted by Gasteiger charge is 2.12. The highest BCUT2D eigenvalue weighted by Crippen LogP contribution is 2.27. The molecular formula is C20H23N3O5. The van der Waals surface area contributed by atoms with E-state index in [1.54, 1.807) is 51.7 Å². The van der Waals surface area contributed by atoms with E-state index in [-0.39, 0.29) is 0 Å². The van der Waals surface area contributed by atoms with Gasteiger partial charge in [0.15, 0.2) is 11.5 Å². The van der Waals surface area contributed by atoms with Crippen molar-refractivity contribution < 1.29 is 23.8 Å². The Bertz CT molecular complexity index is 851. The van der Waals surface area contributed by atoms with E-state index in [0.29, 0.717) is 30.2 Å². The Kier molecular flexibility index (Phi) is 7.83. The van der Waals surface area contributed by atoms with Gasteiger partial charge in [0.05, 0.1) is 27.5 Å². The minimum Gasteiger partial charge on any atom is -0.497 e. The van der Waals surface area contributed by atoms with Gasteiger partial charge in [-0.25, -0.2) is 5.43 Å². The van der Waals surface area contributed by atoms with Gasteiger partial charge in [-0.15, -0.1) is 0 Å². The van der Waals surface area contributed by atoms with Gasteiger partial charge in [-0.2, -0.15) is 5.10 Å². The van der Waals surface area contributed by atoms with Crippen molar-refractivity contribution in [1.29, 1.82) is 0 Å². The van der Waals surface area contributed by atoms with Crippen LogP contribution in [0, 0.1) is 0 Å². The first-order chi connectivity index (χ1) is 13.6. The number of hydrogen-bond donors (Lipinski definition) is 2. The largest absolute Gasteiger partial charge is 0.497 e. The summed E-state index contributed by atoms with van der Waals surface area (Å²) in [6.45, 7) is 0.293. The minimum atomic E-state index is -0.841. The highest BCUT2D eigenvalue weighted by atomic mass is 16.5. The van der Waals surface area contributed by atoms with Gasteiger partial charge in [0, 0.05) is 6.54 Å². The molecule has 28 heavy (non-hydrogen) atoms. The Morgan fingerprint density at radius 1 is 0.964 bits per heavy atom. The molecule has 2 N–H and O–H groups in total. The second kappa shape index (κ2) is 10.6. The van der Waals surface area contributed by atoms with Gasteiger partial charge >= 0.3 is 11.8 Å². The topological polar surface area (TPSA) is 98.2 Å². The fourth-order valence-corrected chi connectivity index (χ4v) is 2.37. The number of methoxy groups -OCH3 is 3. The van der Waals surface area contributed by atoms with Crippen LogP contribution >= 0.6 is 0 Å². The normalized spacial score (nSPS) is 10.4. The van der Waals surface area contributed by atoms with Crippen LogP contribution in [-0.2, 0) is 16.0 Å². The number of hydrogen-bond acceptors (Lipinski definition) is 6. The summed E-state index contributed by atoms with van der Waals surface area (Å²) in [5.74, 6) is 0.303. The van der Waals surface area contributed by atoms with Crippen LogP contribution in [0.15, 0.2) is 47.6 Å². The number of hydrazone groups is 1. The van der Waals surface area contributed by atoms with Gasteiger partial charge in [-0.3, -0.25) is 9.59 Å². The van der Waals surface area contributed by atoms with E-state index in [9.17, 15) is 9.59 Å². The van der Waals surface area contributed by atoms with Crippen LogP contribution < -0.4 is 25.0 Å². The smallest absolute Gasteiger partial charge is 0.329 e. The Morgan fingerprint density at radius 2 is 1.75 bits per heavy atom. The third-order valence-corrected chi connectivity index (χ3v) is 3.83. The zero-order chi connectivity index (χ0) is 20.4. The highest BCUT2D eigenvalue weighted by molar-refractivity contribution is 6.35. The number of nitrogens with zero attached hydrogens (tertiary/aromatic N) is 1. The van der Waals surface area contributed by atoms with Crippen LogP contribution in [0.25, 0.3) is 0 Å². The van der Waals surface area contributed by atoms with Crippen LogP contribution in [-0.4, -0.2) is 45.9 Å². The predicted octanol–water partition coefficient (Wildman–Crippen LogP) is 1.52. The summed E-state index contributed by atoms with van der Waals surface area (Å²) in [7, 11) is 4.68. The van der Waals surface area contributed by atoms with Crippen molar-refractivity contribution in [1.82, 2.24) is 10.7 Å². The molecule has 0 bridgehead atoms. The van der Waals surface area contributed by atoms with Gasteiger partial charge in [0.25, 0.3) is 0 Å².